The molecule has 0 saturated carbocycles. The van der Waals surface area contributed by atoms with Gasteiger partial charge in [-0.05, 0) is 49.2 Å². The number of hydrogen-bond acceptors (Lipinski definition) is 4. The molecule has 1 amide bonds. The highest BCUT2D eigenvalue weighted by Crippen LogP contribution is 2.15. The number of anilines is 1. The zero-order valence-electron chi connectivity index (χ0n) is 14.9. The van der Waals surface area contributed by atoms with E-state index in [-0.39, 0.29) is 22.5 Å². The molecular weight excluding hydrogens is 352 g/mol. The number of nitrogens with one attached hydrogen (secondary N) is 2. The maximum atomic E-state index is 12.3. The van der Waals surface area contributed by atoms with E-state index in [0.717, 1.165) is 0 Å². The van der Waals surface area contributed by atoms with Gasteiger partial charge in [-0.2, -0.15) is 0 Å². The van der Waals surface area contributed by atoms with Crippen LogP contribution in [0.1, 0.15) is 41.5 Å². The number of ketones is 1. The van der Waals surface area contributed by atoms with E-state index in [1.165, 1.54) is 31.2 Å². The van der Waals surface area contributed by atoms with Crippen molar-refractivity contribution in [3.63, 3.8) is 0 Å². The third-order valence-corrected chi connectivity index (χ3v) is 5.07. The molecule has 0 spiro atoms. The fraction of sp³-hybridized carbons (Fsp3) is 0.263. The number of carbonyl (C=O) groups excluding carboxylic acids is 2. The van der Waals surface area contributed by atoms with Crippen LogP contribution in [0.2, 0.25) is 0 Å². The smallest absolute Gasteiger partial charge is 0.255 e. The van der Waals surface area contributed by atoms with Gasteiger partial charge in [0.1, 0.15) is 0 Å². The molecule has 0 heterocycles. The monoisotopic (exact) mass is 374 g/mol. The fourth-order valence-corrected chi connectivity index (χ4v) is 3.38. The van der Waals surface area contributed by atoms with E-state index < -0.39 is 10.0 Å². The van der Waals surface area contributed by atoms with Crippen LogP contribution in [0.3, 0.4) is 0 Å². The van der Waals surface area contributed by atoms with E-state index in [2.05, 4.69) is 10.0 Å². The van der Waals surface area contributed by atoms with Gasteiger partial charge in [0, 0.05) is 23.4 Å². The fourth-order valence-electron chi connectivity index (χ4n) is 2.16. The number of carbonyl (C=O) groups is 2. The van der Waals surface area contributed by atoms with Crippen molar-refractivity contribution in [3.05, 3.63) is 59.7 Å². The van der Waals surface area contributed by atoms with Crippen LogP contribution in [0.25, 0.3) is 0 Å². The first kappa shape index (κ1) is 19.8. The molecule has 2 aromatic rings. The van der Waals surface area contributed by atoms with Crippen molar-refractivity contribution in [2.24, 2.45) is 5.92 Å². The molecule has 0 aliphatic rings. The summed E-state index contributed by atoms with van der Waals surface area (Å²) in [5.41, 5.74) is 1.32. The standard InChI is InChI=1S/C19H22N2O4S/c1-13(2)12-20-26(24,25)18-9-7-15(8-10-18)19(23)21-17-6-4-5-16(11-17)14(3)22/h4-11,13,20H,12H2,1-3H3,(H,21,23). The molecule has 138 valence electrons. The Morgan fingerprint density at radius 3 is 2.23 bits per heavy atom. The largest absolute Gasteiger partial charge is 0.322 e. The highest BCUT2D eigenvalue weighted by Gasteiger charge is 2.15. The van der Waals surface area contributed by atoms with Gasteiger partial charge in [-0.15, -0.1) is 0 Å². The summed E-state index contributed by atoms with van der Waals surface area (Å²) in [6, 6.07) is 12.3. The zero-order chi connectivity index (χ0) is 19.3. The van der Waals surface area contributed by atoms with Gasteiger partial charge in [0.05, 0.1) is 4.90 Å². The maximum Gasteiger partial charge on any atom is 0.255 e. The molecule has 0 aliphatic carbocycles. The summed E-state index contributed by atoms with van der Waals surface area (Å²) in [6.45, 7) is 5.62. The lowest BCUT2D eigenvalue weighted by Crippen LogP contribution is -2.27. The molecule has 0 atom stereocenters. The van der Waals surface area contributed by atoms with Crippen LogP contribution < -0.4 is 10.0 Å². The molecule has 6 nitrogen and oxygen atoms in total. The topological polar surface area (TPSA) is 92.3 Å². The molecule has 0 aromatic heterocycles. The zero-order valence-corrected chi connectivity index (χ0v) is 15.8. The van der Waals surface area contributed by atoms with Gasteiger partial charge < -0.3 is 5.32 Å². The van der Waals surface area contributed by atoms with E-state index in [9.17, 15) is 18.0 Å². The lowest BCUT2D eigenvalue weighted by Gasteiger charge is -2.10. The van der Waals surface area contributed by atoms with E-state index in [0.29, 0.717) is 23.4 Å². The second kappa shape index (κ2) is 8.25. The average Bonchev–Trinajstić information content (AvgIpc) is 2.60. The van der Waals surface area contributed by atoms with Crippen LogP contribution in [0.15, 0.2) is 53.4 Å². The molecular formula is C19H22N2O4S. The Bertz CT molecular complexity index is 903. The molecule has 2 rings (SSSR count). The van der Waals surface area contributed by atoms with Gasteiger partial charge >= 0.3 is 0 Å². The molecule has 0 aliphatic heterocycles. The average molecular weight is 374 g/mol. The Hall–Kier alpha value is -2.51. The number of amides is 1. The van der Waals surface area contributed by atoms with Gasteiger partial charge in [-0.1, -0.05) is 26.0 Å². The van der Waals surface area contributed by atoms with Crippen LogP contribution in [-0.4, -0.2) is 26.7 Å². The van der Waals surface area contributed by atoms with E-state index in [1.54, 1.807) is 24.3 Å². The van der Waals surface area contributed by atoms with Crippen LogP contribution >= 0.6 is 0 Å². The molecule has 0 bridgehead atoms. The number of Topliss-reactive ketones (excluding diaryl/α,β-unsaturated/α-hetero) is 1. The van der Waals surface area contributed by atoms with Crippen LogP contribution in [0.4, 0.5) is 5.69 Å². The van der Waals surface area contributed by atoms with Gasteiger partial charge in [-0.3, -0.25) is 9.59 Å². The number of hydrogen-bond donors (Lipinski definition) is 2. The molecule has 0 radical (unpaired) electrons. The predicted octanol–water partition coefficient (Wildman–Crippen LogP) is 3.08. The van der Waals surface area contributed by atoms with Gasteiger partial charge in [-0.25, -0.2) is 13.1 Å². The van der Waals surface area contributed by atoms with Crippen LogP contribution in [0.5, 0.6) is 0 Å². The Labute approximate surface area is 153 Å². The summed E-state index contributed by atoms with van der Waals surface area (Å²) < 4.78 is 26.9. The maximum absolute atomic E-state index is 12.3. The van der Waals surface area contributed by atoms with E-state index >= 15 is 0 Å². The van der Waals surface area contributed by atoms with Crippen molar-refractivity contribution < 1.29 is 18.0 Å². The first-order chi connectivity index (χ1) is 12.2. The minimum Gasteiger partial charge on any atom is -0.322 e. The molecule has 7 heteroatoms. The summed E-state index contributed by atoms with van der Waals surface area (Å²) in [7, 11) is -3.59. The second-order valence-corrected chi connectivity index (χ2v) is 8.13. The summed E-state index contributed by atoms with van der Waals surface area (Å²) >= 11 is 0. The van der Waals surface area contributed by atoms with Crippen molar-refractivity contribution in [1.29, 1.82) is 0 Å². The molecule has 2 N–H and O–H groups in total. The van der Waals surface area contributed by atoms with Crippen LogP contribution in [-0.2, 0) is 10.0 Å². The number of rotatable bonds is 7. The highest BCUT2D eigenvalue weighted by atomic mass is 32.2. The Morgan fingerprint density at radius 2 is 1.65 bits per heavy atom. The van der Waals surface area contributed by atoms with Crippen LogP contribution in [0, 0.1) is 5.92 Å². The second-order valence-electron chi connectivity index (χ2n) is 6.36. The minimum atomic E-state index is -3.59. The number of sulfonamides is 1. The molecule has 26 heavy (non-hydrogen) atoms. The Balaban J connectivity index is 2.11. The molecule has 0 unspecified atom stereocenters. The third kappa shape index (κ3) is 5.24. The summed E-state index contributed by atoms with van der Waals surface area (Å²) in [4.78, 5) is 23.8. The summed E-state index contributed by atoms with van der Waals surface area (Å²) in [5.74, 6) is -0.282. The molecule has 0 fully saturated rings. The normalized spacial score (nSPS) is 11.4. The van der Waals surface area contributed by atoms with E-state index in [1.807, 2.05) is 13.8 Å². The van der Waals surface area contributed by atoms with Crippen molar-refractivity contribution in [2.45, 2.75) is 25.7 Å². The van der Waals surface area contributed by atoms with Crippen molar-refractivity contribution >= 4 is 27.4 Å². The van der Waals surface area contributed by atoms with Gasteiger partial charge in [0.25, 0.3) is 5.91 Å². The Kier molecular flexibility index (Phi) is 6.28. The first-order valence-corrected chi connectivity index (χ1v) is 9.69. The minimum absolute atomic E-state index is 0.0930. The summed E-state index contributed by atoms with van der Waals surface area (Å²) in [6.07, 6.45) is 0. The highest BCUT2D eigenvalue weighted by molar-refractivity contribution is 7.89. The SMILES string of the molecule is CC(=O)c1cccc(NC(=O)c2ccc(S(=O)(=O)NCC(C)C)cc2)c1. The van der Waals surface area contributed by atoms with Crippen molar-refractivity contribution in [1.82, 2.24) is 4.72 Å². The lowest BCUT2D eigenvalue weighted by atomic mass is 10.1. The lowest BCUT2D eigenvalue weighted by molar-refractivity contribution is 0.101. The summed E-state index contributed by atoms with van der Waals surface area (Å²) in [5, 5.41) is 2.70. The van der Waals surface area contributed by atoms with Gasteiger partial charge in [0.2, 0.25) is 10.0 Å². The first-order valence-electron chi connectivity index (χ1n) is 8.21. The quantitative estimate of drug-likeness (QED) is 0.729. The van der Waals surface area contributed by atoms with Gasteiger partial charge in [0.15, 0.2) is 5.78 Å². The third-order valence-electron chi connectivity index (χ3n) is 3.64. The predicted molar refractivity (Wildman–Crippen MR) is 101 cm³/mol. The molecule has 2 aromatic carbocycles. The van der Waals surface area contributed by atoms with Crippen molar-refractivity contribution in [3.8, 4) is 0 Å². The van der Waals surface area contributed by atoms with E-state index in [4.69, 9.17) is 0 Å². The molecule has 0 saturated heterocycles. The van der Waals surface area contributed by atoms with Crippen molar-refractivity contribution in [2.75, 3.05) is 11.9 Å². The number of benzene rings is 2. The Morgan fingerprint density at radius 1 is 1.00 bits per heavy atom.